The average Bonchev–Trinajstić information content (AvgIpc) is 2.85. The van der Waals surface area contributed by atoms with Gasteiger partial charge in [-0.15, -0.1) is 0 Å². The van der Waals surface area contributed by atoms with Crippen molar-refractivity contribution in [2.24, 2.45) is 0 Å². The van der Waals surface area contributed by atoms with Crippen LogP contribution in [0, 0.1) is 6.42 Å². The summed E-state index contributed by atoms with van der Waals surface area (Å²) in [6.07, 6.45) is -0.869. The molecule has 0 aliphatic rings. The third-order valence-corrected chi connectivity index (χ3v) is 1.99. The second kappa shape index (κ2) is 4.03. The van der Waals surface area contributed by atoms with E-state index in [-0.39, 0.29) is 12.2 Å². The summed E-state index contributed by atoms with van der Waals surface area (Å²) in [6.45, 7) is 0. The number of nitrogens with zero attached hydrogens (tertiary/aromatic N) is 1. The van der Waals surface area contributed by atoms with Crippen LogP contribution >= 0.6 is 0 Å². The fourth-order valence-electron chi connectivity index (χ4n) is 1.23. The number of alkyl halides is 3. The summed E-state index contributed by atoms with van der Waals surface area (Å²) in [6, 6.07) is 3.96. The van der Waals surface area contributed by atoms with Gasteiger partial charge < -0.3 is 4.42 Å². The van der Waals surface area contributed by atoms with Crippen LogP contribution in [-0.2, 0) is 12.6 Å². The largest absolute Gasteiger partial charge is 0.456 e. The molecule has 3 nitrogen and oxygen atoms in total. The fraction of sp³-hybridized carbons (Fsp3) is 0.200. The lowest BCUT2D eigenvalue weighted by Crippen LogP contribution is -2.02. The first-order valence-corrected chi connectivity index (χ1v) is 4.54. The monoisotopic (exact) mass is 229 g/mol. The highest BCUT2D eigenvalue weighted by molar-refractivity contribution is 5.17. The third-order valence-electron chi connectivity index (χ3n) is 1.99. The molecule has 0 fully saturated rings. The second-order valence-corrected chi connectivity index (χ2v) is 3.18. The van der Waals surface area contributed by atoms with Crippen molar-refractivity contribution in [1.82, 2.24) is 10.2 Å². The Morgan fingerprint density at radius 3 is 2.69 bits per heavy atom. The zero-order valence-corrected chi connectivity index (χ0v) is 8.08. The van der Waals surface area contributed by atoms with Crippen molar-refractivity contribution < 1.29 is 17.6 Å². The normalized spacial score (nSPS) is 11.9. The van der Waals surface area contributed by atoms with E-state index in [0.717, 1.165) is 11.8 Å². The molecule has 2 aromatic heterocycles. The average molecular weight is 229 g/mol. The first-order valence-electron chi connectivity index (χ1n) is 4.54. The summed E-state index contributed by atoms with van der Waals surface area (Å²) in [4.78, 5) is 0. The van der Waals surface area contributed by atoms with E-state index < -0.39 is 11.9 Å². The maximum absolute atomic E-state index is 12.2. The lowest BCUT2D eigenvalue weighted by atomic mass is 10.2. The first-order chi connectivity index (χ1) is 7.55. The maximum Gasteiger partial charge on any atom is 0.449 e. The molecule has 0 aromatic carbocycles. The number of rotatable bonds is 3. The molecule has 0 unspecified atom stereocenters. The van der Waals surface area contributed by atoms with Crippen molar-refractivity contribution in [3.8, 4) is 0 Å². The van der Waals surface area contributed by atoms with Gasteiger partial charge in [-0.05, 0) is 18.2 Å². The predicted molar refractivity (Wildman–Crippen MR) is 49.4 cm³/mol. The molecular formula is C10H8F3N2O. The molecule has 0 bridgehead atoms. The fourth-order valence-corrected chi connectivity index (χ4v) is 1.23. The van der Waals surface area contributed by atoms with Crippen LogP contribution in [0.5, 0.6) is 0 Å². The smallest absolute Gasteiger partial charge is 0.449 e. The van der Waals surface area contributed by atoms with E-state index in [2.05, 4.69) is 14.6 Å². The lowest BCUT2D eigenvalue weighted by Gasteiger charge is -2.00. The van der Waals surface area contributed by atoms with Crippen molar-refractivity contribution in [2.75, 3.05) is 0 Å². The summed E-state index contributed by atoms with van der Waals surface area (Å²) in [5.74, 6) is -0.706. The predicted octanol–water partition coefficient (Wildman–Crippen LogP) is 2.82. The highest BCUT2D eigenvalue weighted by Crippen LogP contribution is 2.30. The molecule has 2 heterocycles. The van der Waals surface area contributed by atoms with Crippen LogP contribution in [0.15, 0.2) is 28.8 Å². The number of hydrogen-bond donors (Lipinski definition) is 1. The van der Waals surface area contributed by atoms with Gasteiger partial charge in [0.1, 0.15) is 5.76 Å². The van der Waals surface area contributed by atoms with E-state index in [9.17, 15) is 13.2 Å². The Bertz CT molecular complexity index is 445. The van der Waals surface area contributed by atoms with Gasteiger partial charge in [-0.2, -0.15) is 18.3 Å². The minimum absolute atomic E-state index is 0.266. The van der Waals surface area contributed by atoms with Crippen LogP contribution < -0.4 is 0 Å². The van der Waals surface area contributed by atoms with Crippen molar-refractivity contribution >= 4 is 0 Å². The van der Waals surface area contributed by atoms with Gasteiger partial charge in [0.15, 0.2) is 0 Å². The molecule has 1 N–H and O–H groups in total. The maximum atomic E-state index is 12.2. The molecule has 1 radical (unpaired) electrons. The zero-order valence-electron chi connectivity index (χ0n) is 8.08. The van der Waals surface area contributed by atoms with Gasteiger partial charge in [0, 0.05) is 24.7 Å². The molecule has 0 atom stereocenters. The molecular weight excluding hydrogens is 221 g/mol. The van der Waals surface area contributed by atoms with E-state index >= 15 is 0 Å². The SMILES string of the molecule is FC(F)(F)c1ccc(C[CH]c2ccn[nH]2)o1. The molecule has 2 rings (SSSR count). The van der Waals surface area contributed by atoms with Crippen LogP contribution in [0.4, 0.5) is 13.2 Å². The van der Waals surface area contributed by atoms with Crippen molar-refractivity contribution in [3.05, 3.63) is 48.0 Å². The Morgan fingerprint density at radius 1 is 1.31 bits per heavy atom. The van der Waals surface area contributed by atoms with Gasteiger partial charge in [0.05, 0.1) is 0 Å². The second-order valence-electron chi connectivity index (χ2n) is 3.18. The number of nitrogens with one attached hydrogen (secondary N) is 1. The third kappa shape index (κ3) is 2.44. The van der Waals surface area contributed by atoms with E-state index in [0.29, 0.717) is 0 Å². The van der Waals surface area contributed by atoms with Crippen LogP contribution in [0.25, 0.3) is 0 Å². The van der Waals surface area contributed by atoms with Gasteiger partial charge in [-0.25, -0.2) is 0 Å². The van der Waals surface area contributed by atoms with Crippen molar-refractivity contribution in [3.63, 3.8) is 0 Å². The Labute approximate surface area is 89.3 Å². The first kappa shape index (κ1) is 10.8. The molecule has 0 amide bonds. The zero-order chi connectivity index (χ0) is 11.6. The highest BCUT2D eigenvalue weighted by Gasteiger charge is 2.34. The van der Waals surface area contributed by atoms with E-state index in [1.165, 1.54) is 6.07 Å². The molecule has 6 heteroatoms. The van der Waals surface area contributed by atoms with Gasteiger partial charge in [-0.3, -0.25) is 5.10 Å². The molecule has 85 valence electrons. The summed E-state index contributed by atoms with van der Waals surface area (Å²) < 4.78 is 41.2. The molecule has 0 spiro atoms. The Hall–Kier alpha value is -1.72. The van der Waals surface area contributed by atoms with Crippen LogP contribution in [0.2, 0.25) is 0 Å². The van der Waals surface area contributed by atoms with E-state index in [4.69, 9.17) is 0 Å². The number of halogens is 3. The molecule has 0 aliphatic carbocycles. The standard InChI is InChI=1S/C10H8F3N2O/c11-10(12,13)9-4-3-8(16-9)2-1-7-5-6-14-15-7/h1,3-6H,2H2,(H,14,15). The van der Waals surface area contributed by atoms with Gasteiger partial charge >= 0.3 is 6.18 Å². The van der Waals surface area contributed by atoms with Gasteiger partial charge in [-0.1, -0.05) is 0 Å². The van der Waals surface area contributed by atoms with Crippen molar-refractivity contribution in [1.29, 1.82) is 0 Å². The summed E-state index contributed by atoms with van der Waals surface area (Å²) in [5, 5.41) is 6.39. The van der Waals surface area contributed by atoms with E-state index in [1.54, 1.807) is 18.7 Å². The minimum atomic E-state index is -4.42. The molecule has 16 heavy (non-hydrogen) atoms. The topological polar surface area (TPSA) is 41.8 Å². The van der Waals surface area contributed by atoms with Crippen LogP contribution in [-0.4, -0.2) is 10.2 Å². The summed E-state index contributed by atoms with van der Waals surface area (Å²) >= 11 is 0. The molecule has 0 saturated carbocycles. The quantitative estimate of drug-likeness (QED) is 0.879. The summed E-state index contributed by atoms with van der Waals surface area (Å²) in [5.41, 5.74) is 0.741. The summed E-state index contributed by atoms with van der Waals surface area (Å²) in [7, 11) is 0. The Kier molecular flexibility index (Phi) is 2.72. The van der Waals surface area contributed by atoms with Gasteiger partial charge in [0.2, 0.25) is 5.76 Å². The van der Waals surface area contributed by atoms with E-state index in [1.807, 2.05) is 0 Å². The Balaban J connectivity index is 1.98. The number of H-pyrrole nitrogens is 1. The molecule has 2 aromatic rings. The minimum Gasteiger partial charge on any atom is -0.456 e. The van der Waals surface area contributed by atoms with Crippen LogP contribution in [0.1, 0.15) is 17.2 Å². The van der Waals surface area contributed by atoms with Crippen LogP contribution in [0.3, 0.4) is 0 Å². The van der Waals surface area contributed by atoms with Gasteiger partial charge in [0.25, 0.3) is 0 Å². The molecule has 0 aliphatic heterocycles. The van der Waals surface area contributed by atoms with Crippen molar-refractivity contribution in [2.45, 2.75) is 12.6 Å². The Morgan fingerprint density at radius 2 is 2.12 bits per heavy atom. The lowest BCUT2D eigenvalue weighted by molar-refractivity contribution is -0.153. The number of furan rings is 1. The number of aromatic amines is 1. The highest BCUT2D eigenvalue weighted by atomic mass is 19.4. The number of hydrogen-bond acceptors (Lipinski definition) is 2. The molecule has 0 saturated heterocycles. The number of aromatic nitrogens is 2.